The topological polar surface area (TPSA) is 74.5 Å². The molecule has 74 valence electrons. The van der Waals surface area contributed by atoms with Gasteiger partial charge in [-0.15, -0.1) is 0 Å². The van der Waals surface area contributed by atoms with Gasteiger partial charge in [0, 0.05) is 18.3 Å². The van der Waals surface area contributed by atoms with E-state index in [1.54, 1.807) is 0 Å². The largest absolute Gasteiger partial charge is 0.346 e. The summed E-state index contributed by atoms with van der Waals surface area (Å²) in [5.74, 6) is 0. The zero-order valence-corrected chi connectivity index (χ0v) is 7.41. The minimum atomic E-state index is -0.514. The van der Waals surface area contributed by atoms with Crippen molar-refractivity contribution in [1.82, 2.24) is 4.98 Å². The Bertz CT molecular complexity index is 351. The average molecular weight is 196 g/mol. The van der Waals surface area contributed by atoms with E-state index in [2.05, 4.69) is 14.8 Å². The molecule has 0 unspecified atom stereocenters. The van der Waals surface area contributed by atoms with Crippen LogP contribution < -0.4 is 0 Å². The van der Waals surface area contributed by atoms with Crippen molar-refractivity contribution in [3.8, 4) is 0 Å². The number of pyridine rings is 1. The van der Waals surface area contributed by atoms with Crippen molar-refractivity contribution in [3.63, 3.8) is 0 Å². The van der Waals surface area contributed by atoms with Gasteiger partial charge in [0.25, 0.3) is 5.69 Å². The predicted molar refractivity (Wildman–Crippen MR) is 48.0 cm³/mol. The third-order valence-electron chi connectivity index (χ3n) is 1.39. The fourth-order valence-electron chi connectivity index (χ4n) is 0.840. The molecule has 0 radical (unpaired) electrons. The molecule has 14 heavy (non-hydrogen) atoms. The van der Waals surface area contributed by atoms with Crippen molar-refractivity contribution in [2.75, 3.05) is 7.11 Å². The number of hydrogen-bond acceptors (Lipinski definition) is 5. The Kier molecular flexibility index (Phi) is 3.57. The Balaban J connectivity index is 2.90. The van der Waals surface area contributed by atoms with Crippen LogP contribution in [0.3, 0.4) is 0 Å². The second-order valence-electron chi connectivity index (χ2n) is 2.23. The first-order chi connectivity index (χ1) is 6.75. The van der Waals surface area contributed by atoms with Crippen LogP contribution in [-0.4, -0.2) is 17.0 Å². The molecule has 0 aliphatic rings. The van der Waals surface area contributed by atoms with Crippen LogP contribution >= 0.6 is 0 Å². The standard InChI is InChI=1S/C8H8N2O4/c1-13-14-6-4-7-8(10(11)12)3-2-5-9-7/h2-6H,1H3/b6-4+. The van der Waals surface area contributed by atoms with Crippen molar-refractivity contribution in [2.45, 2.75) is 0 Å². The molecule has 0 saturated heterocycles. The molecule has 0 atom stereocenters. The number of aromatic nitrogens is 1. The fourth-order valence-corrected chi connectivity index (χ4v) is 0.840. The maximum atomic E-state index is 10.5. The molecule has 1 aromatic rings. The van der Waals surface area contributed by atoms with E-state index in [-0.39, 0.29) is 11.4 Å². The van der Waals surface area contributed by atoms with Crippen molar-refractivity contribution in [2.24, 2.45) is 0 Å². The molecular formula is C8H8N2O4. The van der Waals surface area contributed by atoms with Crippen LogP contribution in [0.25, 0.3) is 6.08 Å². The second kappa shape index (κ2) is 4.93. The van der Waals surface area contributed by atoms with Crippen molar-refractivity contribution in [3.05, 3.63) is 40.4 Å². The van der Waals surface area contributed by atoms with Gasteiger partial charge >= 0.3 is 0 Å². The molecule has 0 N–H and O–H groups in total. The smallest absolute Gasteiger partial charge is 0.294 e. The zero-order valence-electron chi connectivity index (χ0n) is 7.41. The molecule has 0 bridgehead atoms. The van der Waals surface area contributed by atoms with Crippen LogP contribution in [0, 0.1) is 10.1 Å². The second-order valence-corrected chi connectivity index (χ2v) is 2.23. The summed E-state index contributed by atoms with van der Waals surface area (Å²) in [5, 5.41) is 10.5. The lowest BCUT2D eigenvalue weighted by atomic mass is 10.3. The number of nitrogens with zero attached hydrogens (tertiary/aromatic N) is 2. The van der Waals surface area contributed by atoms with Crippen molar-refractivity contribution >= 4 is 11.8 Å². The molecule has 0 aromatic carbocycles. The van der Waals surface area contributed by atoms with Crippen molar-refractivity contribution < 1.29 is 14.7 Å². The lowest BCUT2D eigenvalue weighted by Gasteiger charge is -1.95. The van der Waals surface area contributed by atoms with E-state index in [4.69, 9.17) is 0 Å². The van der Waals surface area contributed by atoms with Crippen LogP contribution in [0.4, 0.5) is 5.69 Å². The molecule has 0 aliphatic heterocycles. The maximum absolute atomic E-state index is 10.5. The highest BCUT2D eigenvalue weighted by Crippen LogP contribution is 2.15. The monoisotopic (exact) mass is 196 g/mol. The van der Waals surface area contributed by atoms with Crippen LogP contribution in [0.5, 0.6) is 0 Å². The Morgan fingerprint density at radius 3 is 3.07 bits per heavy atom. The molecule has 1 aromatic heterocycles. The van der Waals surface area contributed by atoms with E-state index in [9.17, 15) is 10.1 Å². The molecule has 0 amide bonds. The summed E-state index contributed by atoms with van der Waals surface area (Å²) < 4.78 is 0. The molecule has 0 aliphatic carbocycles. The summed E-state index contributed by atoms with van der Waals surface area (Å²) in [6, 6.07) is 2.85. The van der Waals surface area contributed by atoms with Gasteiger partial charge in [0.2, 0.25) is 0 Å². The number of hydrogen-bond donors (Lipinski definition) is 0. The van der Waals surface area contributed by atoms with Gasteiger partial charge in [0.05, 0.1) is 12.0 Å². The summed E-state index contributed by atoms with van der Waals surface area (Å²) in [4.78, 5) is 22.5. The van der Waals surface area contributed by atoms with Gasteiger partial charge in [-0.05, 0) is 6.07 Å². The lowest BCUT2D eigenvalue weighted by molar-refractivity contribution is -0.385. The third-order valence-corrected chi connectivity index (χ3v) is 1.39. The van der Waals surface area contributed by atoms with Crippen LogP contribution in [0.2, 0.25) is 0 Å². The maximum Gasteiger partial charge on any atom is 0.294 e. The summed E-state index contributed by atoms with van der Waals surface area (Å²) in [6.07, 6.45) is 3.98. The van der Waals surface area contributed by atoms with Crippen LogP contribution in [0.1, 0.15) is 5.69 Å². The summed E-state index contributed by atoms with van der Waals surface area (Å²) in [6.45, 7) is 0. The van der Waals surface area contributed by atoms with Crippen LogP contribution in [-0.2, 0) is 9.78 Å². The first-order valence-corrected chi connectivity index (χ1v) is 3.71. The normalized spacial score (nSPS) is 10.4. The number of rotatable bonds is 4. The quantitative estimate of drug-likeness (QED) is 0.316. The van der Waals surface area contributed by atoms with E-state index in [0.717, 1.165) is 0 Å². The Morgan fingerprint density at radius 2 is 2.43 bits per heavy atom. The fraction of sp³-hybridized carbons (Fsp3) is 0.125. The van der Waals surface area contributed by atoms with E-state index >= 15 is 0 Å². The lowest BCUT2D eigenvalue weighted by Crippen LogP contribution is -1.93. The van der Waals surface area contributed by atoms with E-state index < -0.39 is 4.92 Å². The minimum Gasteiger partial charge on any atom is -0.346 e. The van der Waals surface area contributed by atoms with E-state index in [0.29, 0.717) is 0 Å². The first kappa shape index (κ1) is 10.1. The van der Waals surface area contributed by atoms with Gasteiger partial charge in [-0.3, -0.25) is 10.1 Å². The highest BCUT2D eigenvalue weighted by molar-refractivity contribution is 5.55. The highest BCUT2D eigenvalue weighted by Gasteiger charge is 2.10. The molecule has 1 heterocycles. The minimum absolute atomic E-state index is 0.0801. The van der Waals surface area contributed by atoms with Gasteiger partial charge in [-0.2, -0.15) is 4.89 Å². The van der Waals surface area contributed by atoms with Gasteiger partial charge in [-0.25, -0.2) is 4.98 Å². The summed E-state index contributed by atoms with van der Waals surface area (Å²) >= 11 is 0. The van der Waals surface area contributed by atoms with Crippen molar-refractivity contribution in [1.29, 1.82) is 0 Å². The summed E-state index contributed by atoms with van der Waals surface area (Å²) in [7, 11) is 1.33. The Hall–Kier alpha value is -1.95. The van der Waals surface area contributed by atoms with Gasteiger partial charge in [0.1, 0.15) is 12.0 Å². The number of nitro groups is 1. The van der Waals surface area contributed by atoms with E-state index in [1.165, 1.54) is 37.8 Å². The molecule has 1 rings (SSSR count). The van der Waals surface area contributed by atoms with Gasteiger partial charge in [0.15, 0.2) is 0 Å². The highest BCUT2D eigenvalue weighted by atomic mass is 17.2. The molecule has 6 heteroatoms. The predicted octanol–water partition coefficient (Wildman–Crippen LogP) is 1.54. The molecular weight excluding hydrogens is 188 g/mol. The molecule has 0 saturated carbocycles. The van der Waals surface area contributed by atoms with Gasteiger partial charge < -0.3 is 4.89 Å². The molecule has 0 spiro atoms. The van der Waals surface area contributed by atoms with Gasteiger partial charge in [-0.1, -0.05) is 0 Å². The first-order valence-electron chi connectivity index (χ1n) is 3.71. The average Bonchev–Trinajstić information content (AvgIpc) is 2.19. The Labute approximate surface area is 79.9 Å². The summed E-state index contributed by atoms with van der Waals surface area (Å²) in [5.41, 5.74) is 0.137. The third kappa shape index (κ3) is 2.53. The van der Waals surface area contributed by atoms with Crippen LogP contribution in [0.15, 0.2) is 24.6 Å². The van der Waals surface area contributed by atoms with E-state index in [1.807, 2.05) is 0 Å². The SMILES string of the molecule is COO/C=C/c1ncccc1[N+](=O)[O-]. The Morgan fingerprint density at radius 1 is 1.64 bits per heavy atom. The molecule has 0 fully saturated rings. The zero-order chi connectivity index (χ0) is 10.4. The molecule has 6 nitrogen and oxygen atoms in total.